The van der Waals surface area contributed by atoms with Crippen molar-refractivity contribution in [1.29, 1.82) is 0 Å². The number of amides is 1. The van der Waals surface area contributed by atoms with Crippen LogP contribution in [0.3, 0.4) is 0 Å². The van der Waals surface area contributed by atoms with E-state index in [0.717, 1.165) is 11.1 Å². The van der Waals surface area contributed by atoms with Gasteiger partial charge in [0.2, 0.25) is 11.6 Å². The number of methoxy groups -OCH3 is 2. The molecule has 0 radical (unpaired) electrons. The number of ether oxygens (including phenoxy) is 2. The molecule has 1 amide bonds. The average Bonchev–Trinajstić information content (AvgIpc) is 2.92. The van der Waals surface area contributed by atoms with Crippen LogP contribution in [0.5, 0.6) is 0 Å². The first-order chi connectivity index (χ1) is 18.0. The molecular formula is C30H30N2O5. The molecule has 190 valence electrons. The lowest BCUT2D eigenvalue weighted by atomic mass is 9.88. The number of rotatable bonds is 11. The van der Waals surface area contributed by atoms with E-state index in [1.165, 1.54) is 19.1 Å². The molecule has 3 aromatic rings. The maximum atomic E-state index is 14.1. The highest BCUT2D eigenvalue weighted by Gasteiger charge is 2.39. The van der Waals surface area contributed by atoms with Gasteiger partial charge in [0.25, 0.3) is 5.91 Å². The second-order valence-electron chi connectivity index (χ2n) is 8.70. The number of Topliss-reactive ketones (excluding diaryl/α,β-unsaturated/α-hetero) is 2. The summed E-state index contributed by atoms with van der Waals surface area (Å²) in [5.41, 5.74) is 2.78. The van der Waals surface area contributed by atoms with Crippen LogP contribution in [0, 0.1) is 0 Å². The molecule has 0 N–H and O–H groups in total. The van der Waals surface area contributed by atoms with Gasteiger partial charge in [-0.25, -0.2) is 0 Å². The lowest BCUT2D eigenvalue weighted by Crippen LogP contribution is -2.44. The molecule has 37 heavy (non-hydrogen) atoms. The van der Waals surface area contributed by atoms with Crippen molar-refractivity contribution in [3.8, 4) is 0 Å². The summed E-state index contributed by atoms with van der Waals surface area (Å²) in [4.78, 5) is 44.5. The minimum absolute atomic E-state index is 0.0506. The molecule has 0 saturated carbocycles. The summed E-state index contributed by atoms with van der Waals surface area (Å²) in [6.07, 6.45) is 0. The van der Waals surface area contributed by atoms with Gasteiger partial charge in [0, 0.05) is 45.0 Å². The first-order valence-electron chi connectivity index (χ1n) is 12.1. The number of carbonyl (C=O) groups is 3. The predicted octanol–water partition coefficient (Wildman–Crippen LogP) is 4.10. The Morgan fingerprint density at radius 2 is 1.16 bits per heavy atom. The zero-order valence-electron chi connectivity index (χ0n) is 21.1. The predicted molar refractivity (Wildman–Crippen MR) is 140 cm³/mol. The van der Waals surface area contributed by atoms with Crippen molar-refractivity contribution in [3.63, 3.8) is 0 Å². The van der Waals surface area contributed by atoms with E-state index >= 15 is 0 Å². The van der Waals surface area contributed by atoms with Crippen molar-refractivity contribution in [3.05, 3.63) is 119 Å². The number of nitrogens with zero attached hydrogens (tertiary/aromatic N) is 2. The van der Waals surface area contributed by atoms with Gasteiger partial charge >= 0.3 is 0 Å². The van der Waals surface area contributed by atoms with Crippen LogP contribution in [0.15, 0.2) is 96.3 Å². The molecule has 0 bridgehead atoms. The molecule has 0 heterocycles. The van der Waals surface area contributed by atoms with Crippen molar-refractivity contribution in [2.45, 2.75) is 13.1 Å². The Labute approximate surface area is 216 Å². The number of allylic oxidation sites excluding steroid dienone is 2. The smallest absolute Gasteiger partial charge is 0.253 e. The van der Waals surface area contributed by atoms with Crippen LogP contribution in [0.1, 0.15) is 31.8 Å². The molecule has 0 unspecified atom stereocenters. The highest BCUT2D eigenvalue weighted by molar-refractivity contribution is 6.27. The van der Waals surface area contributed by atoms with Crippen LogP contribution in [0.4, 0.5) is 0 Å². The molecule has 0 saturated heterocycles. The summed E-state index contributed by atoms with van der Waals surface area (Å²) in [6, 6.07) is 26.2. The van der Waals surface area contributed by atoms with E-state index in [0.29, 0.717) is 18.7 Å². The van der Waals surface area contributed by atoms with E-state index in [-0.39, 0.29) is 48.3 Å². The third-order valence-corrected chi connectivity index (χ3v) is 6.18. The Morgan fingerprint density at radius 1 is 0.676 bits per heavy atom. The number of hydrogen-bond donors (Lipinski definition) is 0. The summed E-state index contributed by atoms with van der Waals surface area (Å²) in [5.74, 6) is -1.10. The van der Waals surface area contributed by atoms with Crippen LogP contribution in [0.2, 0.25) is 0 Å². The van der Waals surface area contributed by atoms with Gasteiger partial charge in [0.15, 0.2) is 0 Å². The summed E-state index contributed by atoms with van der Waals surface area (Å²) in [7, 11) is 2.94. The van der Waals surface area contributed by atoms with Gasteiger partial charge in [-0.15, -0.1) is 0 Å². The van der Waals surface area contributed by atoms with Gasteiger partial charge in [-0.05, 0) is 11.1 Å². The summed E-state index contributed by atoms with van der Waals surface area (Å²) >= 11 is 0. The second kappa shape index (κ2) is 12.3. The molecular weight excluding hydrogens is 468 g/mol. The number of ketones is 2. The Balaban J connectivity index is 1.92. The molecule has 0 aromatic heterocycles. The van der Waals surface area contributed by atoms with Crippen molar-refractivity contribution < 1.29 is 23.9 Å². The summed E-state index contributed by atoms with van der Waals surface area (Å²) < 4.78 is 10.4. The van der Waals surface area contributed by atoms with Crippen LogP contribution in [0.25, 0.3) is 0 Å². The maximum absolute atomic E-state index is 14.1. The van der Waals surface area contributed by atoms with Crippen molar-refractivity contribution >= 4 is 17.5 Å². The third kappa shape index (κ3) is 5.85. The van der Waals surface area contributed by atoms with Gasteiger partial charge in [-0.3, -0.25) is 14.4 Å². The van der Waals surface area contributed by atoms with E-state index in [4.69, 9.17) is 9.47 Å². The minimum atomic E-state index is -0.424. The minimum Gasteiger partial charge on any atom is -0.383 e. The van der Waals surface area contributed by atoms with Gasteiger partial charge in [0.1, 0.15) is 18.0 Å². The van der Waals surface area contributed by atoms with E-state index < -0.39 is 5.91 Å². The lowest BCUT2D eigenvalue weighted by Gasteiger charge is -2.35. The number of benzene rings is 3. The first kappa shape index (κ1) is 26.0. The molecule has 0 atom stereocenters. The Bertz CT molecular complexity index is 1250. The zero-order valence-corrected chi connectivity index (χ0v) is 21.1. The molecule has 0 spiro atoms. The molecule has 7 nitrogen and oxygen atoms in total. The Kier molecular flexibility index (Phi) is 8.61. The SMILES string of the molecule is COCCN(C(=O)COC)C1=C(N(Cc2ccccc2)Cc2ccccc2)C(=O)c2ccccc2C1=O. The van der Waals surface area contributed by atoms with Gasteiger partial charge in [-0.2, -0.15) is 0 Å². The maximum Gasteiger partial charge on any atom is 0.253 e. The third-order valence-electron chi connectivity index (χ3n) is 6.18. The number of carbonyl (C=O) groups excluding carboxylic acids is 3. The first-order valence-corrected chi connectivity index (χ1v) is 12.1. The van der Waals surface area contributed by atoms with Crippen LogP contribution in [-0.2, 0) is 27.4 Å². The normalized spacial score (nSPS) is 12.9. The van der Waals surface area contributed by atoms with Gasteiger partial charge in [0.05, 0.1) is 6.61 Å². The van der Waals surface area contributed by atoms with E-state index in [1.54, 1.807) is 24.3 Å². The highest BCUT2D eigenvalue weighted by Crippen LogP contribution is 2.32. The van der Waals surface area contributed by atoms with Crippen LogP contribution in [-0.4, -0.2) is 61.3 Å². The fourth-order valence-electron chi connectivity index (χ4n) is 4.46. The summed E-state index contributed by atoms with van der Waals surface area (Å²) in [6.45, 7) is 0.787. The standard InChI is InChI=1S/C30H30N2O5/c1-36-18-17-32(26(33)21-37-2)28-27(29(34)24-15-9-10-16-25(24)30(28)35)31(19-22-11-5-3-6-12-22)20-23-13-7-4-8-14-23/h3-16H,17-21H2,1-2H3. The fraction of sp³-hybridized carbons (Fsp3) is 0.233. The van der Waals surface area contributed by atoms with Crippen molar-refractivity contribution in [2.24, 2.45) is 0 Å². The van der Waals surface area contributed by atoms with Crippen LogP contribution >= 0.6 is 0 Å². The number of hydrogen-bond acceptors (Lipinski definition) is 6. The van der Waals surface area contributed by atoms with E-state index in [9.17, 15) is 14.4 Å². The second-order valence-corrected chi connectivity index (χ2v) is 8.70. The van der Waals surface area contributed by atoms with Crippen molar-refractivity contribution in [1.82, 2.24) is 9.80 Å². The average molecular weight is 499 g/mol. The molecule has 4 rings (SSSR count). The molecule has 3 aromatic carbocycles. The number of fused-ring (bicyclic) bond motifs is 1. The largest absolute Gasteiger partial charge is 0.383 e. The Morgan fingerprint density at radius 3 is 1.65 bits per heavy atom. The summed E-state index contributed by atoms with van der Waals surface area (Å²) in [5, 5.41) is 0. The zero-order chi connectivity index (χ0) is 26.2. The fourth-order valence-corrected chi connectivity index (χ4v) is 4.46. The molecule has 7 heteroatoms. The lowest BCUT2D eigenvalue weighted by molar-refractivity contribution is -0.133. The quantitative estimate of drug-likeness (QED) is 0.396. The molecule has 0 aliphatic heterocycles. The molecule has 0 fully saturated rings. The topological polar surface area (TPSA) is 76.2 Å². The van der Waals surface area contributed by atoms with Crippen LogP contribution < -0.4 is 0 Å². The highest BCUT2D eigenvalue weighted by atomic mass is 16.5. The van der Waals surface area contributed by atoms with E-state index in [2.05, 4.69) is 0 Å². The molecule has 1 aliphatic rings. The van der Waals surface area contributed by atoms with Gasteiger partial charge < -0.3 is 19.3 Å². The van der Waals surface area contributed by atoms with Crippen molar-refractivity contribution in [2.75, 3.05) is 34.0 Å². The molecule has 1 aliphatic carbocycles. The van der Waals surface area contributed by atoms with E-state index in [1.807, 2.05) is 65.6 Å². The van der Waals surface area contributed by atoms with Gasteiger partial charge in [-0.1, -0.05) is 84.9 Å². The Hall–Kier alpha value is -4.07. The monoisotopic (exact) mass is 498 g/mol.